The van der Waals surface area contributed by atoms with Crippen LogP contribution in [-0.2, 0) is 4.74 Å². The minimum atomic E-state index is 0.148. The molecule has 0 aromatic heterocycles. The van der Waals surface area contributed by atoms with E-state index in [9.17, 15) is 0 Å². The molecule has 1 saturated heterocycles. The van der Waals surface area contributed by atoms with Crippen molar-refractivity contribution in [2.75, 3.05) is 12.4 Å². The van der Waals surface area contributed by atoms with Crippen molar-refractivity contribution < 1.29 is 4.74 Å². The molecule has 3 heteroatoms. The van der Waals surface area contributed by atoms with Crippen molar-refractivity contribution in [1.82, 2.24) is 0 Å². The number of hydrogen-bond donors (Lipinski definition) is 1. The summed E-state index contributed by atoms with van der Waals surface area (Å²) in [7, 11) is 0. The van der Waals surface area contributed by atoms with Crippen molar-refractivity contribution in [3.8, 4) is 0 Å². The average molecular weight is 206 g/mol. The quantitative estimate of drug-likeness (QED) is 0.548. The zero-order chi connectivity index (χ0) is 9.19. The van der Waals surface area contributed by atoms with Gasteiger partial charge < -0.3 is 4.74 Å². The molecule has 0 radical (unpaired) electrons. The third kappa shape index (κ3) is 3.19. The summed E-state index contributed by atoms with van der Waals surface area (Å²) < 4.78 is 5.30. The Morgan fingerprint density at radius 1 is 1.67 bits per heavy atom. The molecule has 3 unspecified atom stereocenters. The summed E-state index contributed by atoms with van der Waals surface area (Å²) in [5.41, 5.74) is 0. The highest BCUT2D eigenvalue weighted by Crippen LogP contribution is 2.40. The molecular formula is C9H18OS2. The van der Waals surface area contributed by atoms with Gasteiger partial charge in [-0.15, -0.1) is 11.8 Å². The van der Waals surface area contributed by atoms with Crippen molar-refractivity contribution in [2.45, 2.75) is 37.4 Å². The Balaban J connectivity index is 2.13. The molecule has 1 fully saturated rings. The molecule has 0 aromatic carbocycles. The summed E-state index contributed by atoms with van der Waals surface area (Å²) in [5, 5.41) is 0.542. The molecule has 1 aliphatic rings. The fourth-order valence-electron chi connectivity index (χ4n) is 1.01. The lowest BCUT2D eigenvalue weighted by Crippen LogP contribution is -2.15. The molecule has 1 nitrogen and oxygen atoms in total. The Morgan fingerprint density at radius 2 is 2.25 bits per heavy atom. The van der Waals surface area contributed by atoms with E-state index in [-0.39, 0.29) is 4.93 Å². The molecule has 0 aliphatic carbocycles. The van der Waals surface area contributed by atoms with E-state index in [1.165, 1.54) is 5.75 Å². The van der Waals surface area contributed by atoms with Crippen LogP contribution in [0.25, 0.3) is 0 Å². The van der Waals surface area contributed by atoms with Gasteiger partial charge in [0.25, 0.3) is 0 Å². The van der Waals surface area contributed by atoms with Gasteiger partial charge in [0.15, 0.2) is 0 Å². The average Bonchev–Trinajstić information content (AvgIpc) is 2.79. The predicted octanol–water partition coefficient (Wildman–Crippen LogP) is 2.81. The first-order valence-corrected chi connectivity index (χ1v) is 6.03. The maximum atomic E-state index is 5.30. The molecule has 12 heavy (non-hydrogen) atoms. The number of hydrogen-bond acceptors (Lipinski definition) is 3. The Hall–Kier alpha value is 0.660. The highest BCUT2D eigenvalue weighted by atomic mass is 32.2. The molecular weight excluding hydrogens is 188 g/mol. The van der Waals surface area contributed by atoms with Crippen LogP contribution >= 0.6 is 24.4 Å². The van der Waals surface area contributed by atoms with Gasteiger partial charge in [-0.3, -0.25) is 0 Å². The lowest BCUT2D eigenvalue weighted by Gasteiger charge is -2.17. The molecule has 1 rings (SSSR count). The molecule has 0 spiro atoms. The van der Waals surface area contributed by atoms with Crippen LogP contribution in [0, 0.1) is 5.92 Å². The van der Waals surface area contributed by atoms with E-state index in [1.54, 1.807) is 0 Å². The minimum absolute atomic E-state index is 0.148. The zero-order valence-corrected chi connectivity index (χ0v) is 9.75. The van der Waals surface area contributed by atoms with Crippen LogP contribution < -0.4 is 0 Å². The fraction of sp³-hybridized carbons (Fsp3) is 1.00. The number of ether oxygens (including phenoxy) is 1. The van der Waals surface area contributed by atoms with Crippen LogP contribution in [0.2, 0.25) is 0 Å². The van der Waals surface area contributed by atoms with E-state index in [0.717, 1.165) is 13.0 Å². The minimum Gasteiger partial charge on any atom is -0.358 e. The molecule has 1 aliphatic heterocycles. The number of rotatable bonds is 5. The van der Waals surface area contributed by atoms with Gasteiger partial charge >= 0.3 is 0 Å². The first-order valence-electron chi connectivity index (χ1n) is 4.53. The Bertz CT molecular complexity index is 145. The number of thioether (sulfide) groups is 1. The third-order valence-corrected chi connectivity index (χ3v) is 4.69. The van der Waals surface area contributed by atoms with Gasteiger partial charge in [-0.2, -0.15) is 12.6 Å². The van der Waals surface area contributed by atoms with Crippen molar-refractivity contribution in [2.24, 2.45) is 5.92 Å². The van der Waals surface area contributed by atoms with Gasteiger partial charge in [0.1, 0.15) is 4.93 Å². The lowest BCUT2D eigenvalue weighted by molar-refractivity contribution is 0.401. The monoisotopic (exact) mass is 206 g/mol. The van der Waals surface area contributed by atoms with Gasteiger partial charge in [0.05, 0.1) is 6.61 Å². The van der Waals surface area contributed by atoms with Crippen molar-refractivity contribution in [3.63, 3.8) is 0 Å². The first-order chi connectivity index (χ1) is 5.57. The predicted molar refractivity (Wildman–Crippen MR) is 59.0 cm³/mol. The Kier molecular flexibility index (Phi) is 3.80. The van der Waals surface area contributed by atoms with Gasteiger partial charge in [-0.1, -0.05) is 13.8 Å². The highest BCUT2D eigenvalue weighted by Gasteiger charge is 2.40. The Morgan fingerprint density at radius 3 is 2.67 bits per heavy atom. The summed E-state index contributed by atoms with van der Waals surface area (Å²) in [6.45, 7) is 7.53. The van der Waals surface area contributed by atoms with E-state index in [4.69, 9.17) is 4.74 Å². The van der Waals surface area contributed by atoms with Crippen LogP contribution in [-0.4, -0.2) is 22.5 Å². The lowest BCUT2D eigenvalue weighted by atomic mass is 10.1. The number of epoxide rings is 1. The SMILES string of the molecule is CCC(S)C(C)CSC1(C)CO1. The van der Waals surface area contributed by atoms with Gasteiger partial charge in [0, 0.05) is 5.25 Å². The number of thiol groups is 1. The summed E-state index contributed by atoms with van der Waals surface area (Å²) in [4.78, 5) is 0.148. The van der Waals surface area contributed by atoms with Gasteiger partial charge in [0.2, 0.25) is 0 Å². The van der Waals surface area contributed by atoms with Crippen LogP contribution in [0.15, 0.2) is 0 Å². The molecule has 0 aromatic rings. The molecule has 3 atom stereocenters. The smallest absolute Gasteiger partial charge is 0.134 e. The van der Waals surface area contributed by atoms with Gasteiger partial charge in [-0.05, 0) is 25.0 Å². The third-order valence-electron chi connectivity index (χ3n) is 2.28. The fourth-order valence-corrected chi connectivity index (χ4v) is 2.33. The highest BCUT2D eigenvalue weighted by molar-refractivity contribution is 8.00. The van der Waals surface area contributed by atoms with E-state index in [1.807, 2.05) is 11.8 Å². The van der Waals surface area contributed by atoms with Gasteiger partial charge in [-0.25, -0.2) is 0 Å². The molecule has 0 saturated carbocycles. The molecule has 0 amide bonds. The van der Waals surface area contributed by atoms with Crippen molar-refractivity contribution in [3.05, 3.63) is 0 Å². The second-order valence-electron chi connectivity index (χ2n) is 3.69. The summed E-state index contributed by atoms with van der Waals surface area (Å²) in [5.74, 6) is 1.85. The summed E-state index contributed by atoms with van der Waals surface area (Å²) in [6, 6.07) is 0. The van der Waals surface area contributed by atoms with E-state index in [2.05, 4.69) is 33.4 Å². The van der Waals surface area contributed by atoms with Crippen LogP contribution in [0.3, 0.4) is 0 Å². The van der Waals surface area contributed by atoms with Crippen LogP contribution in [0.5, 0.6) is 0 Å². The summed E-state index contributed by atoms with van der Waals surface area (Å²) in [6.07, 6.45) is 1.16. The second-order valence-corrected chi connectivity index (χ2v) is 5.84. The molecule has 0 bridgehead atoms. The maximum absolute atomic E-state index is 5.30. The van der Waals surface area contributed by atoms with Crippen molar-refractivity contribution >= 4 is 24.4 Å². The first kappa shape index (κ1) is 10.7. The van der Waals surface area contributed by atoms with Crippen LogP contribution in [0.4, 0.5) is 0 Å². The van der Waals surface area contributed by atoms with E-state index < -0.39 is 0 Å². The Labute approximate surface area is 85.0 Å². The summed E-state index contributed by atoms with van der Waals surface area (Å²) >= 11 is 6.45. The molecule has 72 valence electrons. The topological polar surface area (TPSA) is 12.5 Å². The van der Waals surface area contributed by atoms with Crippen molar-refractivity contribution in [1.29, 1.82) is 0 Å². The zero-order valence-electron chi connectivity index (χ0n) is 8.04. The second kappa shape index (κ2) is 4.25. The van der Waals surface area contributed by atoms with E-state index >= 15 is 0 Å². The maximum Gasteiger partial charge on any atom is 0.134 e. The standard InChI is InChI=1S/C9H18OS2/c1-4-8(11)7(2)5-12-9(3)6-10-9/h7-8,11H,4-6H2,1-3H3. The van der Waals surface area contributed by atoms with E-state index in [0.29, 0.717) is 11.2 Å². The molecule has 1 heterocycles. The normalized spacial score (nSPS) is 33.0. The largest absolute Gasteiger partial charge is 0.358 e. The van der Waals surface area contributed by atoms with Crippen LogP contribution in [0.1, 0.15) is 27.2 Å². The molecule has 0 N–H and O–H groups in total.